The Morgan fingerprint density at radius 1 is 1.14 bits per heavy atom. The SMILES string of the molecule is CC(C)(C)C1OC(=O)C(c2ccccc2)([C@@H]2CCC(=O)C2)O1. The van der Waals surface area contributed by atoms with Crippen LogP contribution in [0.3, 0.4) is 0 Å². The minimum atomic E-state index is -1.15. The molecule has 0 N–H and O–H groups in total. The Hall–Kier alpha value is -1.68. The summed E-state index contributed by atoms with van der Waals surface area (Å²) in [5, 5.41) is 0. The molecule has 1 aliphatic heterocycles. The molecule has 118 valence electrons. The summed E-state index contributed by atoms with van der Waals surface area (Å²) >= 11 is 0. The molecule has 1 aromatic carbocycles. The van der Waals surface area contributed by atoms with Gasteiger partial charge in [0, 0.05) is 24.2 Å². The van der Waals surface area contributed by atoms with Gasteiger partial charge in [-0.25, -0.2) is 4.79 Å². The monoisotopic (exact) mass is 302 g/mol. The highest BCUT2D eigenvalue weighted by atomic mass is 16.8. The van der Waals surface area contributed by atoms with E-state index < -0.39 is 11.9 Å². The van der Waals surface area contributed by atoms with Crippen molar-refractivity contribution in [1.29, 1.82) is 0 Å². The lowest BCUT2D eigenvalue weighted by molar-refractivity contribution is -0.162. The van der Waals surface area contributed by atoms with E-state index in [1.54, 1.807) is 0 Å². The average Bonchev–Trinajstić information content (AvgIpc) is 3.04. The summed E-state index contributed by atoms with van der Waals surface area (Å²) in [6, 6.07) is 9.44. The Kier molecular flexibility index (Phi) is 3.60. The highest BCUT2D eigenvalue weighted by Gasteiger charge is 2.59. The van der Waals surface area contributed by atoms with Crippen molar-refractivity contribution in [3.05, 3.63) is 35.9 Å². The highest BCUT2D eigenvalue weighted by Crippen LogP contribution is 2.49. The van der Waals surface area contributed by atoms with Gasteiger partial charge in [-0.3, -0.25) is 4.79 Å². The fourth-order valence-corrected chi connectivity index (χ4v) is 3.31. The first-order chi connectivity index (χ1) is 10.3. The van der Waals surface area contributed by atoms with Crippen LogP contribution in [0.5, 0.6) is 0 Å². The Morgan fingerprint density at radius 3 is 2.32 bits per heavy atom. The third-order valence-electron chi connectivity index (χ3n) is 4.54. The normalized spacial score (nSPS) is 32.3. The first-order valence-electron chi connectivity index (χ1n) is 7.80. The van der Waals surface area contributed by atoms with Crippen LogP contribution in [0.4, 0.5) is 0 Å². The molecule has 0 aromatic heterocycles. The number of ether oxygens (including phenoxy) is 2. The van der Waals surface area contributed by atoms with Gasteiger partial charge in [0.25, 0.3) is 0 Å². The molecule has 2 aliphatic rings. The summed E-state index contributed by atoms with van der Waals surface area (Å²) in [6.07, 6.45) is 0.951. The maximum Gasteiger partial charge on any atom is 0.345 e. The predicted octanol–water partition coefficient (Wildman–Crippen LogP) is 3.20. The third-order valence-corrected chi connectivity index (χ3v) is 4.54. The Labute approximate surface area is 130 Å². The highest BCUT2D eigenvalue weighted by molar-refractivity contribution is 5.87. The number of hydrogen-bond donors (Lipinski definition) is 0. The maximum atomic E-state index is 12.8. The molecule has 2 unspecified atom stereocenters. The molecule has 1 saturated carbocycles. The molecule has 1 aromatic rings. The van der Waals surface area contributed by atoms with Crippen molar-refractivity contribution >= 4 is 11.8 Å². The number of carbonyl (C=O) groups is 2. The van der Waals surface area contributed by atoms with E-state index in [-0.39, 0.29) is 23.1 Å². The van der Waals surface area contributed by atoms with Crippen LogP contribution in [0.1, 0.15) is 45.6 Å². The Bertz CT molecular complexity index is 587. The molecular formula is C18H22O4. The molecule has 0 bridgehead atoms. The third kappa shape index (κ3) is 2.35. The summed E-state index contributed by atoms with van der Waals surface area (Å²) in [7, 11) is 0. The Morgan fingerprint density at radius 2 is 1.82 bits per heavy atom. The zero-order chi connectivity index (χ0) is 16.0. The minimum Gasteiger partial charge on any atom is -0.433 e. The smallest absolute Gasteiger partial charge is 0.345 e. The van der Waals surface area contributed by atoms with Gasteiger partial charge in [0.15, 0.2) is 5.60 Å². The summed E-state index contributed by atoms with van der Waals surface area (Å²) in [5.41, 5.74) is -0.674. The van der Waals surface area contributed by atoms with Gasteiger partial charge in [0.2, 0.25) is 6.29 Å². The van der Waals surface area contributed by atoms with Crippen LogP contribution in [-0.2, 0) is 24.7 Å². The van der Waals surface area contributed by atoms with Gasteiger partial charge in [0.05, 0.1) is 0 Å². The van der Waals surface area contributed by atoms with E-state index in [1.807, 2.05) is 51.1 Å². The van der Waals surface area contributed by atoms with Crippen molar-refractivity contribution in [1.82, 2.24) is 0 Å². The first kappa shape index (κ1) is 15.2. The molecule has 4 nitrogen and oxygen atoms in total. The van der Waals surface area contributed by atoms with Crippen LogP contribution in [0.25, 0.3) is 0 Å². The van der Waals surface area contributed by atoms with Crippen LogP contribution in [0, 0.1) is 11.3 Å². The average molecular weight is 302 g/mol. The van der Waals surface area contributed by atoms with E-state index in [9.17, 15) is 9.59 Å². The van der Waals surface area contributed by atoms with Crippen LogP contribution in [-0.4, -0.2) is 18.0 Å². The second-order valence-electron chi connectivity index (χ2n) is 7.30. The number of carbonyl (C=O) groups excluding carboxylic acids is 2. The largest absolute Gasteiger partial charge is 0.433 e. The lowest BCUT2D eigenvalue weighted by Gasteiger charge is -2.32. The molecule has 0 amide bonds. The number of hydrogen-bond acceptors (Lipinski definition) is 4. The van der Waals surface area contributed by atoms with Gasteiger partial charge in [-0.15, -0.1) is 0 Å². The maximum absolute atomic E-state index is 12.8. The van der Waals surface area contributed by atoms with Gasteiger partial charge < -0.3 is 9.47 Å². The van der Waals surface area contributed by atoms with E-state index >= 15 is 0 Å². The van der Waals surface area contributed by atoms with Gasteiger partial charge in [-0.05, 0) is 12.0 Å². The summed E-state index contributed by atoms with van der Waals surface area (Å²) in [4.78, 5) is 24.6. The fourth-order valence-electron chi connectivity index (χ4n) is 3.31. The standard InChI is InChI=1S/C18H22O4/c1-17(2,3)16-21-15(20)18(22-16,12-7-5-4-6-8-12)13-9-10-14(19)11-13/h4-8,13,16H,9-11H2,1-3H3/t13-,16?,18?/m1/s1. The van der Waals surface area contributed by atoms with Crippen molar-refractivity contribution in [3.8, 4) is 0 Å². The molecule has 1 aliphatic carbocycles. The van der Waals surface area contributed by atoms with Crippen molar-refractivity contribution in [3.63, 3.8) is 0 Å². The number of cyclic esters (lactones) is 1. The Balaban J connectivity index is 2.05. The molecule has 2 fully saturated rings. The quantitative estimate of drug-likeness (QED) is 0.787. The minimum absolute atomic E-state index is 0.151. The van der Waals surface area contributed by atoms with Crippen LogP contribution in [0.15, 0.2) is 30.3 Å². The van der Waals surface area contributed by atoms with Gasteiger partial charge in [-0.2, -0.15) is 0 Å². The molecule has 0 spiro atoms. The molecule has 0 radical (unpaired) electrons. The number of Topliss-reactive ketones (excluding diaryl/α,β-unsaturated/α-hetero) is 1. The summed E-state index contributed by atoms with van der Waals surface area (Å²) in [5.74, 6) is -0.323. The molecule has 1 saturated heterocycles. The van der Waals surface area contributed by atoms with Crippen LogP contribution >= 0.6 is 0 Å². The zero-order valence-corrected chi connectivity index (χ0v) is 13.3. The van der Waals surface area contributed by atoms with E-state index in [0.717, 1.165) is 5.56 Å². The molecular weight excluding hydrogens is 280 g/mol. The van der Waals surface area contributed by atoms with Gasteiger partial charge >= 0.3 is 5.97 Å². The van der Waals surface area contributed by atoms with E-state index in [2.05, 4.69) is 0 Å². The van der Waals surface area contributed by atoms with E-state index in [4.69, 9.17) is 9.47 Å². The molecule has 22 heavy (non-hydrogen) atoms. The number of esters is 1. The zero-order valence-electron chi connectivity index (χ0n) is 13.3. The van der Waals surface area contributed by atoms with Crippen molar-refractivity contribution < 1.29 is 19.1 Å². The summed E-state index contributed by atoms with van der Waals surface area (Å²) in [6.45, 7) is 5.93. The second-order valence-corrected chi connectivity index (χ2v) is 7.30. The van der Waals surface area contributed by atoms with Gasteiger partial charge in [0.1, 0.15) is 5.78 Å². The topological polar surface area (TPSA) is 52.6 Å². The first-order valence-corrected chi connectivity index (χ1v) is 7.80. The lowest BCUT2D eigenvalue weighted by Crippen LogP contribution is -2.41. The lowest BCUT2D eigenvalue weighted by atomic mass is 9.80. The number of rotatable bonds is 2. The molecule has 1 heterocycles. The van der Waals surface area contributed by atoms with Crippen molar-refractivity contribution in [2.24, 2.45) is 11.3 Å². The predicted molar refractivity (Wildman–Crippen MR) is 80.9 cm³/mol. The fraction of sp³-hybridized carbons (Fsp3) is 0.556. The number of ketones is 1. The van der Waals surface area contributed by atoms with Crippen LogP contribution in [0.2, 0.25) is 0 Å². The van der Waals surface area contributed by atoms with Crippen molar-refractivity contribution in [2.45, 2.75) is 51.9 Å². The van der Waals surface area contributed by atoms with Gasteiger partial charge in [-0.1, -0.05) is 51.1 Å². The molecule has 3 rings (SSSR count). The number of benzene rings is 1. The second kappa shape index (κ2) is 5.20. The van der Waals surface area contributed by atoms with Crippen LogP contribution < -0.4 is 0 Å². The summed E-state index contributed by atoms with van der Waals surface area (Å²) < 4.78 is 11.8. The molecule has 3 atom stereocenters. The van der Waals surface area contributed by atoms with E-state index in [1.165, 1.54) is 0 Å². The van der Waals surface area contributed by atoms with E-state index in [0.29, 0.717) is 19.3 Å². The molecule has 4 heteroatoms. The van der Waals surface area contributed by atoms with Crippen molar-refractivity contribution in [2.75, 3.05) is 0 Å².